The fourth-order valence-corrected chi connectivity index (χ4v) is 4.11. The Morgan fingerprint density at radius 1 is 1.19 bits per heavy atom. The fraction of sp³-hybridized carbons (Fsp3) is 0.423. The predicted molar refractivity (Wildman–Crippen MR) is 144 cm³/mol. The lowest BCUT2D eigenvalue weighted by Crippen LogP contribution is -2.25. The smallest absolute Gasteiger partial charge is 0.264 e. The maximum Gasteiger partial charge on any atom is 0.264 e. The highest BCUT2D eigenvalue weighted by molar-refractivity contribution is 7.85. The number of hydrogen-bond acceptors (Lipinski definition) is 8. The first-order valence-corrected chi connectivity index (χ1v) is 13.8. The zero-order chi connectivity index (χ0) is 27.3. The van der Waals surface area contributed by atoms with Gasteiger partial charge in [0.1, 0.15) is 17.6 Å². The second-order valence-electron chi connectivity index (χ2n) is 8.37. The second kappa shape index (κ2) is 15.1. The number of nitriles is 1. The van der Waals surface area contributed by atoms with Gasteiger partial charge < -0.3 is 15.4 Å². The van der Waals surface area contributed by atoms with Gasteiger partial charge in [-0.2, -0.15) is 18.8 Å². The molecule has 4 N–H and O–H groups in total. The van der Waals surface area contributed by atoms with Crippen LogP contribution in [0.3, 0.4) is 0 Å². The van der Waals surface area contributed by atoms with Gasteiger partial charge in [-0.1, -0.05) is 44.2 Å². The van der Waals surface area contributed by atoms with Gasteiger partial charge in [0, 0.05) is 5.56 Å². The largest absolute Gasteiger partial charge is 0.495 e. The average Bonchev–Trinajstić information content (AvgIpc) is 3.40. The van der Waals surface area contributed by atoms with Crippen molar-refractivity contribution in [2.24, 2.45) is 5.73 Å². The van der Waals surface area contributed by atoms with Gasteiger partial charge in [0.25, 0.3) is 10.1 Å². The standard InChI is InChI=1S/C19H19N5O.C7H17NO3S/c1-25-17-10-8-14(11-15(17)12-20)18-22-19(24-23-18)16(21)9-7-13-5-3-2-4-6-13;1-3-8(4-2)6-5-7-12(9,10)11/h2-6,8,10-11,16H,7,9,21H2,1H3,(H,22,23,24);3-7H2,1-2H3,(H,9,10,11)/t16-;/m1./s1. The Bertz CT molecular complexity index is 1240. The third kappa shape index (κ3) is 10.3. The molecule has 0 aliphatic rings. The monoisotopic (exact) mass is 528 g/mol. The molecule has 0 spiro atoms. The summed E-state index contributed by atoms with van der Waals surface area (Å²) in [6.07, 6.45) is 2.14. The molecule has 2 aromatic carbocycles. The van der Waals surface area contributed by atoms with E-state index in [1.54, 1.807) is 12.1 Å². The molecule has 0 unspecified atom stereocenters. The Morgan fingerprint density at radius 2 is 1.89 bits per heavy atom. The summed E-state index contributed by atoms with van der Waals surface area (Å²) in [5.74, 6) is 1.55. The summed E-state index contributed by atoms with van der Waals surface area (Å²) in [7, 11) is -2.23. The SMILES string of the molecule is CCN(CC)CCCS(=O)(=O)O.COc1ccc(-c2n[nH]c([C@H](N)CCc3ccccc3)n2)cc1C#N. The van der Waals surface area contributed by atoms with Gasteiger partial charge in [-0.25, -0.2) is 4.98 Å². The van der Waals surface area contributed by atoms with Crippen LogP contribution in [0.15, 0.2) is 48.5 Å². The molecule has 37 heavy (non-hydrogen) atoms. The minimum absolute atomic E-state index is 0.135. The molecule has 3 aromatic rings. The highest BCUT2D eigenvalue weighted by atomic mass is 32.2. The van der Waals surface area contributed by atoms with Crippen molar-refractivity contribution in [1.82, 2.24) is 20.1 Å². The number of aromatic amines is 1. The molecule has 1 heterocycles. The van der Waals surface area contributed by atoms with Crippen LogP contribution in [-0.2, 0) is 16.5 Å². The van der Waals surface area contributed by atoms with Crippen LogP contribution < -0.4 is 10.5 Å². The number of nitrogens with zero attached hydrogens (tertiary/aromatic N) is 4. The van der Waals surface area contributed by atoms with Crippen LogP contribution in [0.25, 0.3) is 11.4 Å². The normalized spacial score (nSPS) is 11.9. The van der Waals surface area contributed by atoms with Gasteiger partial charge >= 0.3 is 0 Å². The molecule has 0 saturated carbocycles. The first kappa shape index (κ1) is 29.9. The Balaban J connectivity index is 0.000000341. The molecule has 3 rings (SSSR count). The van der Waals surface area contributed by atoms with Crippen LogP contribution in [0.4, 0.5) is 0 Å². The second-order valence-corrected chi connectivity index (χ2v) is 9.94. The van der Waals surface area contributed by atoms with E-state index in [4.69, 9.17) is 15.0 Å². The van der Waals surface area contributed by atoms with Crippen molar-refractivity contribution in [2.75, 3.05) is 32.5 Å². The van der Waals surface area contributed by atoms with Crippen molar-refractivity contribution >= 4 is 10.1 Å². The van der Waals surface area contributed by atoms with E-state index in [1.807, 2.05) is 38.1 Å². The first-order valence-electron chi connectivity index (χ1n) is 12.2. The zero-order valence-electron chi connectivity index (χ0n) is 21.6. The summed E-state index contributed by atoms with van der Waals surface area (Å²) in [5, 5.41) is 16.3. The van der Waals surface area contributed by atoms with Crippen LogP contribution in [0, 0.1) is 11.3 Å². The Hall–Kier alpha value is -3.30. The first-order chi connectivity index (χ1) is 17.7. The molecule has 0 amide bonds. The van der Waals surface area contributed by atoms with Crippen LogP contribution >= 0.6 is 0 Å². The van der Waals surface area contributed by atoms with E-state index >= 15 is 0 Å². The Labute approximate surface area is 219 Å². The van der Waals surface area contributed by atoms with E-state index in [1.165, 1.54) is 12.7 Å². The maximum absolute atomic E-state index is 10.3. The highest BCUT2D eigenvalue weighted by Crippen LogP contribution is 2.25. The number of benzene rings is 2. The van der Waals surface area contributed by atoms with E-state index < -0.39 is 10.1 Å². The molecule has 0 radical (unpaired) electrons. The highest BCUT2D eigenvalue weighted by Gasteiger charge is 2.14. The minimum Gasteiger partial charge on any atom is -0.495 e. The number of H-pyrrole nitrogens is 1. The quantitative estimate of drug-likeness (QED) is 0.299. The van der Waals surface area contributed by atoms with Crippen LogP contribution in [0.2, 0.25) is 0 Å². The topological polar surface area (TPSA) is 158 Å². The number of hydrogen-bond donors (Lipinski definition) is 3. The zero-order valence-corrected chi connectivity index (χ0v) is 22.4. The van der Waals surface area contributed by atoms with E-state index in [9.17, 15) is 13.7 Å². The number of nitrogens with two attached hydrogens (primary N) is 1. The minimum atomic E-state index is -3.76. The lowest BCUT2D eigenvalue weighted by atomic mass is 10.1. The van der Waals surface area contributed by atoms with Crippen molar-refractivity contribution in [3.63, 3.8) is 0 Å². The molecule has 0 aliphatic carbocycles. The van der Waals surface area contributed by atoms with Gasteiger partial charge in [-0.15, -0.1) is 0 Å². The van der Waals surface area contributed by atoms with Crippen molar-refractivity contribution in [3.8, 4) is 23.2 Å². The number of ether oxygens (including phenoxy) is 1. The molecular formula is C26H36N6O4S. The van der Waals surface area contributed by atoms with Crippen LogP contribution in [0.1, 0.15) is 49.7 Å². The molecule has 1 aromatic heterocycles. The Kier molecular flexibility index (Phi) is 12.2. The van der Waals surface area contributed by atoms with Gasteiger partial charge in [-0.3, -0.25) is 9.65 Å². The van der Waals surface area contributed by atoms with E-state index in [2.05, 4.69) is 38.3 Å². The lowest BCUT2D eigenvalue weighted by Gasteiger charge is -2.16. The van der Waals surface area contributed by atoms with Crippen LogP contribution in [0.5, 0.6) is 5.75 Å². The van der Waals surface area contributed by atoms with Gasteiger partial charge in [0.15, 0.2) is 5.82 Å². The average molecular weight is 529 g/mol. The third-order valence-electron chi connectivity index (χ3n) is 5.79. The van der Waals surface area contributed by atoms with Gasteiger partial charge in [-0.05, 0) is 62.7 Å². The maximum atomic E-state index is 10.3. The molecule has 0 aliphatic heterocycles. The number of rotatable bonds is 12. The van der Waals surface area contributed by atoms with E-state index in [-0.39, 0.29) is 11.8 Å². The molecule has 1 atom stereocenters. The summed E-state index contributed by atoms with van der Waals surface area (Å²) in [6, 6.07) is 17.3. The van der Waals surface area contributed by atoms with Crippen molar-refractivity contribution in [1.29, 1.82) is 5.26 Å². The van der Waals surface area contributed by atoms with E-state index in [0.29, 0.717) is 29.4 Å². The molecule has 200 valence electrons. The number of aromatic nitrogens is 3. The number of methoxy groups -OCH3 is 1. The molecule has 0 bridgehead atoms. The summed E-state index contributed by atoms with van der Waals surface area (Å²) < 4.78 is 34.2. The number of aryl methyl sites for hydroxylation is 1. The summed E-state index contributed by atoms with van der Waals surface area (Å²) >= 11 is 0. The molecular weight excluding hydrogens is 492 g/mol. The van der Waals surface area contributed by atoms with Crippen molar-refractivity contribution in [2.45, 2.75) is 39.2 Å². The third-order valence-corrected chi connectivity index (χ3v) is 6.59. The lowest BCUT2D eigenvalue weighted by molar-refractivity contribution is 0.304. The van der Waals surface area contributed by atoms with Crippen LogP contribution in [-0.4, -0.2) is 65.5 Å². The summed E-state index contributed by atoms with van der Waals surface area (Å²) in [5.41, 5.74) is 8.66. The summed E-state index contributed by atoms with van der Waals surface area (Å²) in [6.45, 7) is 6.62. The van der Waals surface area contributed by atoms with Gasteiger partial charge in [0.2, 0.25) is 0 Å². The number of nitrogens with one attached hydrogen (secondary N) is 1. The van der Waals surface area contributed by atoms with E-state index in [0.717, 1.165) is 38.0 Å². The molecule has 10 nitrogen and oxygen atoms in total. The Morgan fingerprint density at radius 3 is 2.49 bits per heavy atom. The van der Waals surface area contributed by atoms with Gasteiger partial charge in [0.05, 0.1) is 24.5 Å². The fourth-order valence-electron chi connectivity index (χ4n) is 3.62. The van der Waals surface area contributed by atoms with Crippen molar-refractivity contribution in [3.05, 3.63) is 65.5 Å². The molecule has 0 saturated heterocycles. The summed E-state index contributed by atoms with van der Waals surface area (Å²) in [4.78, 5) is 6.60. The predicted octanol–water partition coefficient (Wildman–Crippen LogP) is 3.59. The molecule has 11 heteroatoms. The van der Waals surface area contributed by atoms with Crippen molar-refractivity contribution < 1.29 is 17.7 Å². The molecule has 0 fully saturated rings.